The molecule has 1 rings (SSSR count). The molecule has 0 atom stereocenters. The molecule has 0 bridgehead atoms. The van der Waals surface area contributed by atoms with Gasteiger partial charge in [0.05, 0.1) is 7.11 Å². The second-order valence-electron chi connectivity index (χ2n) is 2.00. The topological polar surface area (TPSA) is 9.23 Å². The molecule has 0 heterocycles. The van der Waals surface area contributed by atoms with Gasteiger partial charge < -0.3 is 38.7 Å². The van der Waals surface area contributed by atoms with Crippen LogP contribution in [-0.2, 0) is 0 Å². The molecule has 0 aromatic heterocycles. The molecular weight excluding hydrogens is 360 g/mol. The second kappa shape index (κ2) is 8.60. The summed E-state index contributed by atoms with van der Waals surface area (Å²) >= 11 is 0. The van der Waals surface area contributed by atoms with Crippen molar-refractivity contribution in [2.24, 2.45) is 0 Å². The van der Waals surface area contributed by atoms with Crippen LogP contribution in [0.4, 0.5) is 17.6 Å². The van der Waals surface area contributed by atoms with Gasteiger partial charge in [0, 0.05) is 6.07 Å². The monoisotopic (exact) mass is 362 g/mol. The third-order valence-electron chi connectivity index (χ3n) is 1.29. The zero-order chi connectivity index (χ0) is 9.30. The van der Waals surface area contributed by atoms with E-state index in [4.69, 9.17) is 0 Å². The van der Waals surface area contributed by atoms with E-state index in [1.54, 1.807) is 0 Å². The number of halogens is 6. The zero-order valence-corrected chi connectivity index (χ0v) is 12.0. The van der Waals surface area contributed by atoms with Gasteiger partial charge in [0.15, 0.2) is 17.4 Å². The Morgan fingerprint density at radius 2 is 1.40 bits per heavy atom. The molecule has 0 aliphatic carbocycles. The molecule has 0 spiro atoms. The maximum atomic E-state index is 12.5. The van der Waals surface area contributed by atoms with E-state index < -0.39 is 29.0 Å². The van der Waals surface area contributed by atoms with Crippen LogP contribution in [0.25, 0.3) is 0 Å². The van der Waals surface area contributed by atoms with Gasteiger partial charge in [0.25, 0.3) is 0 Å². The van der Waals surface area contributed by atoms with Crippen molar-refractivity contribution in [1.29, 1.82) is 0 Å². The van der Waals surface area contributed by atoms with E-state index in [0.29, 0.717) is 6.07 Å². The first kappa shape index (κ1) is 20.8. The van der Waals surface area contributed by atoms with Gasteiger partial charge in [-0.25, -0.2) is 13.2 Å². The molecule has 1 aromatic rings. The number of hydrogen-bond acceptors (Lipinski definition) is 1. The van der Waals surface area contributed by atoms with Crippen LogP contribution in [-0.4, -0.2) is 30.2 Å². The number of hydrogen-bond donors (Lipinski definition) is 0. The van der Waals surface area contributed by atoms with Gasteiger partial charge in [-0.1, -0.05) is 0 Å². The molecule has 0 saturated carbocycles. The Morgan fingerprint density at radius 1 is 0.933 bits per heavy atom. The molecule has 0 saturated heterocycles. The van der Waals surface area contributed by atoms with Crippen molar-refractivity contribution in [2.45, 2.75) is 0 Å². The van der Waals surface area contributed by atoms with Gasteiger partial charge in [-0.05, 0) is 0 Å². The summed E-state index contributed by atoms with van der Waals surface area (Å²) in [7, 11) is 1.02. The van der Waals surface area contributed by atoms with Gasteiger partial charge >= 0.3 is 23.1 Å². The van der Waals surface area contributed by atoms with Gasteiger partial charge in [0.2, 0.25) is 11.6 Å². The summed E-state index contributed by atoms with van der Waals surface area (Å²) in [5.74, 6) is -7.38. The summed E-state index contributed by atoms with van der Waals surface area (Å²) in [5.41, 5.74) is 0. The van der Waals surface area contributed by atoms with Crippen LogP contribution in [0.3, 0.4) is 0 Å². The molecule has 0 amide bonds. The molecule has 0 fully saturated rings. The van der Waals surface area contributed by atoms with E-state index in [-0.39, 0.29) is 57.0 Å². The standard InChI is InChI=1S/C7H4F4O.2BrH.Mg/c1-12-4-2-3(8)5(9)7(11)6(4)10;;;/h2H,1H3;2*1H;/q;;;+2/p-2. The molecule has 15 heavy (non-hydrogen) atoms. The van der Waals surface area contributed by atoms with Gasteiger partial charge in [-0.2, -0.15) is 4.39 Å². The van der Waals surface area contributed by atoms with Crippen LogP contribution in [0.1, 0.15) is 0 Å². The van der Waals surface area contributed by atoms with Gasteiger partial charge in [0.1, 0.15) is 0 Å². The fraction of sp³-hybridized carbons (Fsp3) is 0.143. The maximum absolute atomic E-state index is 12.5. The Labute approximate surface area is 121 Å². The minimum atomic E-state index is -1.87. The van der Waals surface area contributed by atoms with Crippen LogP contribution in [0.2, 0.25) is 0 Å². The van der Waals surface area contributed by atoms with E-state index >= 15 is 0 Å². The molecule has 0 unspecified atom stereocenters. The Hall–Kier alpha value is 0.466. The van der Waals surface area contributed by atoms with Crippen molar-refractivity contribution in [1.82, 2.24) is 0 Å². The van der Waals surface area contributed by atoms with Gasteiger partial charge in [-0.15, -0.1) is 0 Å². The molecule has 0 aliphatic heterocycles. The smallest absolute Gasteiger partial charge is 1.00 e. The predicted molar refractivity (Wildman–Crippen MR) is 38.6 cm³/mol. The second-order valence-corrected chi connectivity index (χ2v) is 2.00. The molecule has 0 radical (unpaired) electrons. The normalized spacial score (nSPS) is 8.07. The predicted octanol–water partition coefficient (Wildman–Crippen LogP) is -4.12. The Kier molecular flexibility index (Phi) is 11.9. The summed E-state index contributed by atoms with van der Waals surface area (Å²) < 4.78 is 53.8. The van der Waals surface area contributed by atoms with Crippen LogP contribution in [0.15, 0.2) is 6.07 Å². The van der Waals surface area contributed by atoms with Crippen LogP contribution in [0.5, 0.6) is 5.75 Å². The van der Waals surface area contributed by atoms with Crippen LogP contribution in [0, 0.1) is 23.3 Å². The van der Waals surface area contributed by atoms with E-state index in [9.17, 15) is 17.6 Å². The number of methoxy groups -OCH3 is 1. The molecule has 8 heteroatoms. The third kappa shape index (κ3) is 4.45. The fourth-order valence-corrected chi connectivity index (χ4v) is 0.700. The SMILES string of the molecule is COc1cc(F)c(F)c(F)c1F.[Br-].[Br-].[Mg+2]. The number of ether oxygens (including phenoxy) is 1. The summed E-state index contributed by atoms with van der Waals surface area (Å²) in [6, 6.07) is 0.438. The Bertz CT molecular complexity index is 324. The molecular formula is C7H4Br2F4MgO. The summed E-state index contributed by atoms with van der Waals surface area (Å²) in [6.45, 7) is 0. The average Bonchev–Trinajstić information content (AvgIpc) is 2.08. The first-order valence-electron chi connectivity index (χ1n) is 2.95. The number of rotatable bonds is 1. The van der Waals surface area contributed by atoms with Crippen LogP contribution < -0.4 is 38.7 Å². The van der Waals surface area contributed by atoms with Crippen molar-refractivity contribution in [2.75, 3.05) is 7.11 Å². The first-order chi connectivity index (χ1) is 5.57. The molecule has 82 valence electrons. The summed E-state index contributed by atoms with van der Waals surface area (Å²) in [5, 5.41) is 0. The van der Waals surface area contributed by atoms with Crippen LogP contribution >= 0.6 is 0 Å². The fourth-order valence-electron chi connectivity index (χ4n) is 0.700. The van der Waals surface area contributed by atoms with Crippen molar-refractivity contribution >= 4 is 23.1 Å². The van der Waals surface area contributed by atoms with Crippen molar-refractivity contribution in [3.05, 3.63) is 29.3 Å². The third-order valence-corrected chi connectivity index (χ3v) is 1.29. The van der Waals surface area contributed by atoms with Crippen molar-refractivity contribution < 1.29 is 56.3 Å². The van der Waals surface area contributed by atoms with E-state index in [1.807, 2.05) is 0 Å². The van der Waals surface area contributed by atoms with Crippen molar-refractivity contribution in [3.8, 4) is 5.75 Å². The molecule has 1 aromatic carbocycles. The molecule has 1 nitrogen and oxygen atoms in total. The maximum Gasteiger partial charge on any atom is 2.00 e. The average molecular weight is 364 g/mol. The zero-order valence-electron chi connectivity index (χ0n) is 7.46. The summed E-state index contributed by atoms with van der Waals surface area (Å²) in [6.07, 6.45) is 0. The summed E-state index contributed by atoms with van der Waals surface area (Å²) in [4.78, 5) is 0. The largest absolute Gasteiger partial charge is 2.00 e. The van der Waals surface area contributed by atoms with E-state index in [0.717, 1.165) is 7.11 Å². The minimum absolute atomic E-state index is 0. The first-order valence-corrected chi connectivity index (χ1v) is 2.95. The number of benzene rings is 1. The van der Waals surface area contributed by atoms with E-state index in [2.05, 4.69) is 4.74 Å². The van der Waals surface area contributed by atoms with E-state index in [1.165, 1.54) is 0 Å². The quantitative estimate of drug-likeness (QED) is 0.213. The molecule has 0 aliphatic rings. The Balaban J connectivity index is -0.000000480. The minimum Gasteiger partial charge on any atom is -1.00 e. The van der Waals surface area contributed by atoms with Crippen molar-refractivity contribution in [3.63, 3.8) is 0 Å². The Morgan fingerprint density at radius 3 is 1.80 bits per heavy atom. The molecule has 0 N–H and O–H groups in total. The van der Waals surface area contributed by atoms with Gasteiger partial charge in [-0.3, -0.25) is 0 Å².